The van der Waals surface area contributed by atoms with Crippen molar-refractivity contribution in [3.8, 4) is 9.85 Å². The molecule has 2 aromatic rings. The molecule has 0 heterocycles. The molecule has 0 bridgehead atoms. The summed E-state index contributed by atoms with van der Waals surface area (Å²) in [4.78, 5) is 0.332. The summed E-state index contributed by atoms with van der Waals surface area (Å²) < 4.78 is 91.6. The van der Waals surface area contributed by atoms with Crippen LogP contribution in [0.1, 0.15) is 44.1 Å². The molecule has 1 saturated carbocycles. The number of hydrogen-bond donors (Lipinski definition) is 1. The van der Waals surface area contributed by atoms with Crippen molar-refractivity contribution in [1.82, 2.24) is 4.72 Å². The fraction of sp³-hybridized carbons (Fsp3) is 0.440. The Kier molecular flexibility index (Phi) is 12.4. The predicted octanol–water partition coefficient (Wildman–Crippen LogP) is 1.83. The predicted molar refractivity (Wildman–Crippen MR) is 130 cm³/mol. The molecule has 0 spiro atoms. The van der Waals surface area contributed by atoms with Crippen molar-refractivity contribution in [2.75, 3.05) is 6.54 Å². The minimum atomic E-state index is -6.09. The quantitative estimate of drug-likeness (QED) is 0.210. The largest absolute Gasteiger partial charge is 0.741 e. The van der Waals surface area contributed by atoms with Gasteiger partial charge in [0.15, 0.2) is 14.0 Å². The molecule has 2 aromatic carbocycles. The van der Waals surface area contributed by atoms with E-state index in [4.69, 9.17) is 13.0 Å². The SMILES string of the molecule is Cc1ccc(S(=O)(=O)NCCC(C#C[I+]c2ccccc2)C2CCCCC2)cc1.O=S(=O)([O-])C(F)(F)F. The van der Waals surface area contributed by atoms with Crippen LogP contribution in [0, 0.1) is 32.2 Å². The van der Waals surface area contributed by atoms with Crippen LogP contribution in [-0.4, -0.2) is 33.4 Å². The van der Waals surface area contributed by atoms with Crippen LogP contribution in [0.3, 0.4) is 0 Å². The number of aryl methyl sites for hydroxylation is 1. The van der Waals surface area contributed by atoms with Crippen molar-refractivity contribution in [2.45, 2.75) is 55.9 Å². The molecule has 1 N–H and O–H groups in total. The molecule has 0 saturated heterocycles. The first kappa shape index (κ1) is 31.6. The zero-order chi connectivity index (χ0) is 27.5. The molecule has 0 radical (unpaired) electrons. The highest BCUT2D eigenvalue weighted by Gasteiger charge is 2.37. The Morgan fingerprint density at radius 2 is 1.57 bits per heavy atom. The Morgan fingerprint density at radius 3 is 2.11 bits per heavy atom. The number of rotatable bonds is 7. The van der Waals surface area contributed by atoms with E-state index in [0.29, 0.717) is 17.4 Å². The minimum absolute atomic E-state index is 0.277. The molecule has 6 nitrogen and oxygen atoms in total. The highest BCUT2D eigenvalue weighted by atomic mass is 127. The second-order valence-corrected chi connectivity index (χ2v) is 14.0. The van der Waals surface area contributed by atoms with Gasteiger partial charge in [-0.3, -0.25) is 0 Å². The summed E-state index contributed by atoms with van der Waals surface area (Å²) in [6.07, 6.45) is 7.06. The number of halogens is 4. The summed E-state index contributed by atoms with van der Waals surface area (Å²) in [5.41, 5.74) is -4.59. The monoisotopic (exact) mass is 671 g/mol. The lowest BCUT2D eigenvalue weighted by atomic mass is 9.79. The lowest BCUT2D eigenvalue weighted by Gasteiger charge is -2.26. The zero-order valence-corrected chi connectivity index (χ0v) is 24.0. The lowest BCUT2D eigenvalue weighted by molar-refractivity contribution is -0.535. The van der Waals surface area contributed by atoms with Gasteiger partial charge in [0.2, 0.25) is 13.6 Å². The van der Waals surface area contributed by atoms with Gasteiger partial charge in [0.25, 0.3) is 0 Å². The summed E-state index contributed by atoms with van der Waals surface area (Å²) >= 11 is -0.308. The number of hydrogen-bond acceptors (Lipinski definition) is 5. The van der Waals surface area contributed by atoms with Crippen molar-refractivity contribution in [2.24, 2.45) is 11.8 Å². The van der Waals surface area contributed by atoms with Crippen LogP contribution in [0.5, 0.6) is 0 Å². The molecule has 37 heavy (non-hydrogen) atoms. The Labute approximate surface area is 227 Å². The van der Waals surface area contributed by atoms with E-state index in [-0.39, 0.29) is 27.1 Å². The van der Waals surface area contributed by atoms with Gasteiger partial charge in [-0.15, -0.1) is 0 Å². The number of alkyl halides is 3. The van der Waals surface area contributed by atoms with E-state index in [0.717, 1.165) is 12.0 Å². The second-order valence-electron chi connectivity index (χ2n) is 8.53. The normalized spacial score (nSPS) is 15.6. The number of sulfonamides is 1. The van der Waals surface area contributed by atoms with E-state index in [9.17, 15) is 21.6 Å². The molecule has 1 atom stereocenters. The van der Waals surface area contributed by atoms with Gasteiger partial charge in [-0.2, -0.15) is 13.2 Å². The topological polar surface area (TPSA) is 103 Å². The van der Waals surface area contributed by atoms with Gasteiger partial charge >= 0.3 is 26.7 Å². The Balaban J connectivity index is 0.000000521. The molecule has 0 aliphatic heterocycles. The standard InChI is InChI=1S/C24H29INO2S.CHF3O3S/c1-20-12-14-24(15-13-20)29(27,28)26-19-17-22(21-8-4-2-5-9-21)16-18-25-23-10-6-3-7-11-23;2-1(3,4)8(5,6)7/h3,6-7,10-15,21-22,26H,2,4-5,8-9,17,19H2,1H3;(H,5,6,7)/q+1;/p-1. The highest BCUT2D eigenvalue weighted by molar-refractivity contribution is 7.89. The van der Waals surface area contributed by atoms with Gasteiger partial charge in [-0.05, 0) is 62.3 Å². The smallest absolute Gasteiger partial charge is 0.485 e. The first-order chi connectivity index (χ1) is 17.3. The van der Waals surface area contributed by atoms with Gasteiger partial charge < -0.3 is 4.55 Å². The summed E-state index contributed by atoms with van der Waals surface area (Å²) in [5, 5.41) is 0. The van der Waals surface area contributed by atoms with Gasteiger partial charge in [-0.1, -0.05) is 55.2 Å². The Morgan fingerprint density at radius 1 is 1.00 bits per heavy atom. The van der Waals surface area contributed by atoms with Crippen LogP contribution in [0.2, 0.25) is 0 Å². The molecule has 1 fully saturated rings. The molecule has 12 heteroatoms. The molecule has 3 rings (SSSR count). The maximum atomic E-state index is 12.6. The summed E-state index contributed by atoms with van der Waals surface area (Å²) in [7, 11) is -9.55. The first-order valence-corrected chi connectivity index (χ1v) is 16.6. The fourth-order valence-corrected chi connectivity index (χ4v) is 6.43. The Bertz CT molecular complexity index is 1250. The molecular weight excluding hydrogens is 642 g/mol. The van der Waals surface area contributed by atoms with E-state index in [2.05, 4.69) is 38.8 Å². The third-order valence-corrected chi connectivity index (χ3v) is 9.68. The van der Waals surface area contributed by atoms with Crippen LogP contribution >= 0.6 is 0 Å². The molecule has 1 aliphatic rings. The van der Waals surface area contributed by atoms with Gasteiger partial charge in [0, 0.05) is 12.5 Å². The fourth-order valence-electron chi connectivity index (χ4n) is 3.74. The van der Waals surface area contributed by atoms with Gasteiger partial charge in [-0.25, -0.2) is 21.6 Å². The van der Waals surface area contributed by atoms with Crippen LogP contribution in [0.25, 0.3) is 0 Å². The van der Waals surface area contributed by atoms with Crippen molar-refractivity contribution in [1.29, 1.82) is 0 Å². The molecule has 204 valence electrons. The zero-order valence-electron chi connectivity index (χ0n) is 20.2. The third-order valence-electron chi connectivity index (χ3n) is 5.71. The maximum Gasteiger partial charge on any atom is 0.485 e. The molecular formula is C25H29F3INO5S2. The van der Waals surface area contributed by atoms with Crippen LogP contribution in [0.4, 0.5) is 13.2 Å². The number of benzene rings is 2. The molecule has 1 aliphatic carbocycles. The van der Waals surface area contributed by atoms with E-state index in [1.165, 1.54) is 35.7 Å². The molecule has 1 unspecified atom stereocenters. The Hall–Kier alpha value is -1.66. The summed E-state index contributed by atoms with van der Waals surface area (Å²) in [5.74, 6) is 4.41. The molecule has 0 amide bonds. The first-order valence-electron chi connectivity index (χ1n) is 11.6. The van der Waals surface area contributed by atoms with Crippen LogP contribution in [-0.2, 0) is 20.1 Å². The number of nitrogens with one attached hydrogen (secondary N) is 1. The maximum absolute atomic E-state index is 12.6. The lowest BCUT2D eigenvalue weighted by Crippen LogP contribution is -3.59. The second kappa shape index (κ2) is 14.5. The highest BCUT2D eigenvalue weighted by Crippen LogP contribution is 2.31. The average Bonchev–Trinajstić information content (AvgIpc) is 2.84. The van der Waals surface area contributed by atoms with Crippen LogP contribution < -0.4 is 25.9 Å². The minimum Gasteiger partial charge on any atom is -0.741 e. The van der Waals surface area contributed by atoms with Crippen molar-refractivity contribution < 1.29 is 55.8 Å². The summed E-state index contributed by atoms with van der Waals surface area (Å²) in [6.45, 7) is 2.39. The van der Waals surface area contributed by atoms with Crippen molar-refractivity contribution in [3.63, 3.8) is 0 Å². The average molecular weight is 672 g/mol. The summed E-state index contributed by atoms with van der Waals surface area (Å²) in [6, 6.07) is 17.5. The van der Waals surface area contributed by atoms with E-state index < -0.39 is 25.6 Å². The van der Waals surface area contributed by atoms with E-state index in [1.54, 1.807) is 12.1 Å². The molecule has 0 aromatic heterocycles. The van der Waals surface area contributed by atoms with E-state index in [1.807, 2.05) is 25.1 Å². The van der Waals surface area contributed by atoms with Gasteiger partial charge in [0.05, 0.1) is 4.90 Å². The van der Waals surface area contributed by atoms with Gasteiger partial charge in [0.1, 0.15) is 0 Å². The van der Waals surface area contributed by atoms with Crippen molar-refractivity contribution >= 4 is 20.1 Å². The van der Waals surface area contributed by atoms with E-state index >= 15 is 0 Å². The van der Waals surface area contributed by atoms with Crippen molar-refractivity contribution in [3.05, 3.63) is 63.7 Å². The third kappa shape index (κ3) is 11.3. The van der Waals surface area contributed by atoms with Crippen LogP contribution in [0.15, 0.2) is 59.5 Å².